The molecule has 1 saturated carbocycles. The molecule has 0 radical (unpaired) electrons. The number of rotatable bonds is 3. The average Bonchev–Trinajstić information content (AvgIpc) is 2.04. The summed E-state index contributed by atoms with van der Waals surface area (Å²) in [7, 11) is -2.79. The predicted octanol–water partition coefficient (Wildman–Crippen LogP) is 2.56. The van der Waals surface area contributed by atoms with Gasteiger partial charge in [-0.25, -0.2) is 8.42 Å². The lowest BCUT2D eigenvalue weighted by atomic mass is 9.91. The molecular weight excluding hydrogens is 299 g/mol. The molecule has 0 atom stereocenters. The molecule has 2 nitrogen and oxygen atoms in total. The van der Waals surface area contributed by atoms with E-state index in [0.29, 0.717) is 5.75 Å². The first-order chi connectivity index (χ1) is 5.97. The lowest BCUT2D eigenvalue weighted by Crippen LogP contribution is -2.33. The summed E-state index contributed by atoms with van der Waals surface area (Å²) >= 11 is 2.36. The topological polar surface area (TPSA) is 34.1 Å². The molecule has 0 aromatic rings. The second-order valence-corrected chi connectivity index (χ2v) is 8.53. The van der Waals surface area contributed by atoms with Crippen LogP contribution in [0.3, 0.4) is 0 Å². The molecule has 0 aromatic heterocycles. The van der Waals surface area contributed by atoms with Crippen molar-refractivity contribution in [3.63, 3.8) is 0 Å². The Morgan fingerprint density at radius 2 is 1.77 bits per heavy atom. The van der Waals surface area contributed by atoms with Crippen LogP contribution in [0.4, 0.5) is 0 Å². The van der Waals surface area contributed by atoms with Crippen LogP contribution in [0.15, 0.2) is 0 Å². The fourth-order valence-corrected chi connectivity index (χ4v) is 5.29. The van der Waals surface area contributed by atoms with Crippen LogP contribution in [-0.2, 0) is 9.84 Å². The van der Waals surface area contributed by atoms with Gasteiger partial charge in [-0.3, -0.25) is 0 Å². The van der Waals surface area contributed by atoms with Crippen molar-refractivity contribution in [2.75, 3.05) is 11.5 Å². The van der Waals surface area contributed by atoms with Crippen molar-refractivity contribution in [2.24, 2.45) is 0 Å². The molecule has 1 rings (SSSR count). The van der Waals surface area contributed by atoms with E-state index in [1.807, 2.05) is 0 Å². The molecule has 0 heterocycles. The Hall–Kier alpha value is 0.680. The van der Waals surface area contributed by atoms with E-state index in [1.165, 1.54) is 19.3 Å². The number of hydrogen-bond acceptors (Lipinski definition) is 2. The quantitative estimate of drug-likeness (QED) is 0.592. The largest absolute Gasteiger partial charge is 0.229 e. The van der Waals surface area contributed by atoms with Crippen molar-refractivity contribution >= 4 is 32.4 Å². The smallest absolute Gasteiger partial charge is 0.151 e. The highest BCUT2D eigenvalue weighted by molar-refractivity contribution is 14.1. The molecule has 0 amide bonds. The fraction of sp³-hybridized carbons (Fsp3) is 1.00. The van der Waals surface area contributed by atoms with Crippen molar-refractivity contribution in [2.45, 2.75) is 42.4 Å². The van der Waals surface area contributed by atoms with Crippen LogP contribution in [0.5, 0.6) is 0 Å². The summed E-state index contributed by atoms with van der Waals surface area (Å²) in [6.07, 6.45) is 5.82. The molecule has 0 aliphatic heterocycles. The van der Waals surface area contributed by atoms with Gasteiger partial charge in [-0.15, -0.1) is 0 Å². The molecule has 0 spiro atoms. The zero-order chi connectivity index (χ0) is 9.95. The van der Waals surface area contributed by atoms with Crippen molar-refractivity contribution in [3.05, 3.63) is 0 Å². The Bertz CT molecular complexity index is 253. The van der Waals surface area contributed by atoms with Gasteiger partial charge in [0, 0.05) is 9.17 Å². The Balaban J connectivity index is 2.60. The Labute approximate surface area is 94.5 Å². The van der Waals surface area contributed by atoms with Gasteiger partial charge in [-0.2, -0.15) is 0 Å². The van der Waals surface area contributed by atoms with E-state index in [9.17, 15) is 8.42 Å². The molecule has 4 heteroatoms. The first kappa shape index (κ1) is 11.8. The molecular formula is C9H17IO2S. The summed E-state index contributed by atoms with van der Waals surface area (Å²) in [6.45, 7) is 1.73. The highest BCUT2D eigenvalue weighted by atomic mass is 127. The number of hydrogen-bond donors (Lipinski definition) is 0. The van der Waals surface area contributed by atoms with Crippen molar-refractivity contribution in [1.29, 1.82) is 0 Å². The van der Waals surface area contributed by atoms with Crippen LogP contribution in [0.1, 0.15) is 39.0 Å². The monoisotopic (exact) mass is 316 g/mol. The van der Waals surface area contributed by atoms with E-state index >= 15 is 0 Å². The molecule has 0 N–H and O–H groups in total. The Morgan fingerprint density at radius 3 is 2.23 bits per heavy atom. The van der Waals surface area contributed by atoms with E-state index in [2.05, 4.69) is 22.6 Å². The maximum absolute atomic E-state index is 11.5. The second kappa shape index (κ2) is 4.47. The van der Waals surface area contributed by atoms with Crippen LogP contribution in [0, 0.1) is 0 Å². The minimum absolute atomic E-state index is 0.0465. The van der Waals surface area contributed by atoms with E-state index in [4.69, 9.17) is 0 Å². The molecule has 0 aromatic carbocycles. The van der Waals surface area contributed by atoms with Crippen molar-refractivity contribution < 1.29 is 8.42 Å². The lowest BCUT2D eigenvalue weighted by Gasteiger charge is -2.31. The molecule has 78 valence electrons. The van der Waals surface area contributed by atoms with E-state index in [0.717, 1.165) is 12.8 Å². The third-order valence-corrected chi connectivity index (χ3v) is 6.52. The molecule has 1 fully saturated rings. The van der Waals surface area contributed by atoms with Gasteiger partial charge in [-0.1, -0.05) is 48.8 Å². The van der Waals surface area contributed by atoms with E-state index in [1.54, 1.807) is 6.92 Å². The Morgan fingerprint density at radius 1 is 1.23 bits per heavy atom. The van der Waals surface area contributed by atoms with Gasteiger partial charge in [0.25, 0.3) is 0 Å². The molecule has 0 unspecified atom stereocenters. The van der Waals surface area contributed by atoms with Crippen molar-refractivity contribution in [3.8, 4) is 0 Å². The predicted molar refractivity (Wildman–Crippen MR) is 64.2 cm³/mol. The summed E-state index contributed by atoms with van der Waals surface area (Å²) in [4.78, 5) is 0. The first-order valence-corrected chi connectivity index (χ1v) is 7.77. The maximum Gasteiger partial charge on any atom is 0.151 e. The minimum Gasteiger partial charge on any atom is -0.229 e. The Kier molecular flexibility index (Phi) is 4.04. The van der Waals surface area contributed by atoms with E-state index in [-0.39, 0.29) is 9.17 Å². The first-order valence-electron chi connectivity index (χ1n) is 4.87. The zero-order valence-electron chi connectivity index (χ0n) is 8.05. The maximum atomic E-state index is 11.5. The van der Waals surface area contributed by atoms with Gasteiger partial charge in [0.1, 0.15) is 0 Å². The molecule has 1 aliphatic carbocycles. The van der Waals surface area contributed by atoms with Gasteiger partial charge >= 0.3 is 0 Å². The summed E-state index contributed by atoms with van der Waals surface area (Å²) in [5.74, 6) is 0.675. The SMILES string of the molecule is CCS(=O)(=O)CC1(I)CCCCC1. The number of alkyl halides is 1. The van der Waals surface area contributed by atoms with Crippen LogP contribution in [0.25, 0.3) is 0 Å². The molecule has 0 saturated heterocycles. The van der Waals surface area contributed by atoms with Gasteiger partial charge < -0.3 is 0 Å². The lowest BCUT2D eigenvalue weighted by molar-refractivity contribution is 0.437. The summed E-state index contributed by atoms with van der Waals surface area (Å²) in [6, 6.07) is 0. The van der Waals surface area contributed by atoms with Crippen molar-refractivity contribution in [1.82, 2.24) is 0 Å². The molecule has 13 heavy (non-hydrogen) atoms. The normalized spacial score (nSPS) is 22.9. The minimum atomic E-state index is -2.79. The molecule has 0 bridgehead atoms. The van der Waals surface area contributed by atoms with E-state index < -0.39 is 9.84 Å². The zero-order valence-corrected chi connectivity index (χ0v) is 11.0. The summed E-state index contributed by atoms with van der Waals surface area (Å²) < 4.78 is 23.0. The second-order valence-electron chi connectivity index (χ2n) is 3.89. The third kappa shape index (κ3) is 3.73. The number of sulfone groups is 1. The van der Waals surface area contributed by atoms with Gasteiger partial charge in [0.2, 0.25) is 0 Å². The highest BCUT2D eigenvalue weighted by Crippen LogP contribution is 2.37. The summed E-state index contributed by atoms with van der Waals surface area (Å²) in [5.41, 5.74) is 0. The van der Waals surface area contributed by atoms with Crippen LogP contribution < -0.4 is 0 Å². The van der Waals surface area contributed by atoms with Crippen LogP contribution in [-0.4, -0.2) is 23.3 Å². The van der Waals surface area contributed by atoms with Crippen LogP contribution >= 0.6 is 22.6 Å². The van der Waals surface area contributed by atoms with Gasteiger partial charge in [0.05, 0.1) is 5.75 Å². The number of halogens is 1. The fourth-order valence-electron chi connectivity index (χ4n) is 1.83. The van der Waals surface area contributed by atoms with Crippen LogP contribution in [0.2, 0.25) is 0 Å². The highest BCUT2D eigenvalue weighted by Gasteiger charge is 2.33. The van der Waals surface area contributed by atoms with Gasteiger partial charge in [-0.05, 0) is 12.8 Å². The standard InChI is InChI=1S/C9H17IO2S/c1-2-13(11,12)8-9(10)6-4-3-5-7-9/h2-8H2,1H3. The average molecular weight is 316 g/mol. The summed E-state index contributed by atoms with van der Waals surface area (Å²) in [5, 5.41) is 0. The molecule has 1 aliphatic rings. The third-order valence-electron chi connectivity index (χ3n) is 2.67. The van der Waals surface area contributed by atoms with Gasteiger partial charge in [0.15, 0.2) is 9.84 Å².